The molecular weight excluding hydrogens is 236 g/mol. The summed E-state index contributed by atoms with van der Waals surface area (Å²) in [5, 5.41) is 0. The van der Waals surface area contributed by atoms with E-state index in [0.29, 0.717) is 12.0 Å². The average Bonchev–Trinajstić information content (AvgIpc) is 2.40. The predicted molar refractivity (Wildman–Crippen MR) is 74.3 cm³/mol. The molecule has 1 fully saturated rings. The molecule has 0 aromatic carbocycles. The highest BCUT2D eigenvalue weighted by molar-refractivity contribution is 5.85. The van der Waals surface area contributed by atoms with Crippen LogP contribution in [0.5, 0.6) is 0 Å². The minimum Gasteiger partial charge on any atom is -0.338 e. The normalized spacial score (nSPS) is 26.9. The molecule has 102 valence electrons. The van der Waals surface area contributed by atoms with Gasteiger partial charge in [-0.3, -0.25) is 4.79 Å². The Morgan fingerprint density at radius 1 is 1.41 bits per heavy atom. The fourth-order valence-electron chi connectivity index (χ4n) is 2.48. The molecule has 1 amide bonds. The zero-order valence-corrected chi connectivity index (χ0v) is 12.1. The van der Waals surface area contributed by atoms with Gasteiger partial charge in [-0.05, 0) is 32.1 Å². The van der Waals surface area contributed by atoms with E-state index in [9.17, 15) is 4.79 Å². The van der Waals surface area contributed by atoms with Gasteiger partial charge in [0, 0.05) is 12.6 Å². The minimum absolute atomic E-state index is 0. The molecule has 0 aliphatic carbocycles. The lowest BCUT2D eigenvalue weighted by Gasteiger charge is -2.31. The van der Waals surface area contributed by atoms with Gasteiger partial charge in [0.2, 0.25) is 5.91 Å². The lowest BCUT2D eigenvalue weighted by Crippen LogP contribution is -2.48. The van der Waals surface area contributed by atoms with Gasteiger partial charge in [0.25, 0.3) is 0 Å². The zero-order valence-electron chi connectivity index (χ0n) is 11.3. The first-order valence-electron chi connectivity index (χ1n) is 6.62. The van der Waals surface area contributed by atoms with Gasteiger partial charge in [0.1, 0.15) is 0 Å². The van der Waals surface area contributed by atoms with E-state index in [2.05, 4.69) is 20.8 Å². The summed E-state index contributed by atoms with van der Waals surface area (Å²) >= 11 is 0. The maximum atomic E-state index is 12.2. The van der Waals surface area contributed by atoms with Crippen LogP contribution in [0.4, 0.5) is 0 Å². The van der Waals surface area contributed by atoms with E-state index in [1.165, 1.54) is 12.8 Å². The van der Waals surface area contributed by atoms with Crippen molar-refractivity contribution in [2.75, 3.05) is 6.54 Å². The van der Waals surface area contributed by atoms with Crippen molar-refractivity contribution >= 4 is 18.3 Å². The number of carbonyl (C=O) groups excluding carboxylic acids is 1. The SMILES string of the molecule is CCCC(N)C(=O)N1CC(C)CCCC1C.Cl. The molecule has 1 rings (SSSR count). The summed E-state index contributed by atoms with van der Waals surface area (Å²) in [4.78, 5) is 14.2. The van der Waals surface area contributed by atoms with Crippen LogP contribution in [-0.2, 0) is 4.79 Å². The average molecular weight is 263 g/mol. The second-order valence-electron chi connectivity index (χ2n) is 5.27. The first-order valence-corrected chi connectivity index (χ1v) is 6.62. The summed E-state index contributed by atoms with van der Waals surface area (Å²) in [6.45, 7) is 7.33. The molecule has 1 aliphatic rings. The van der Waals surface area contributed by atoms with Gasteiger partial charge in [-0.2, -0.15) is 0 Å². The Balaban J connectivity index is 0.00000256. The van der Waals surface area contributed by atoms with E-state index in [1.54, 1.807) is 0 Å². The van der Waals surface area contributed by atoms with Crippen LogP contribution in [0.3, 0.4) is 0 Å². The molecule has 17 heavy (non-hydrogen) atoms. The minimum atomic E-state index is -0.294. The number of hydrogen-bond acceptors (Lipinski definition) is 2. The second-order valence-corrected chi connectivity index (χ2v) is 5.27. The van der Waals surface area contributed by atoms with Crippen LogP contribution in [0.25, 0.3) is 0 Å². The highest BCUT2D eigenvalue weighted by Crippen LogP contribution is 2.21. The molecule has 0 spiro atoms. The van der Waals surface area contributed by atoms with Crippen molar-refractivity contribution in [3.05, 3.63) is 0 Å². The first kappa shape index (κ1) is 16.7. The third-order valence-electron chi connectivity index (χ3n) is 3.56. The predicted octanol–water partition coefficient (Wildman–Crippen LogP) is 2.57. The first-order chi connectivity index (χ1) is 7.56. The smallest absolute Gasteiger partial charge is 0.239 e. The van der Waals surface area contributed by atoms with E-state index < -0.39 is 0 Å². The van der Waals surface area contributed by atoms with Crippen molar-refractivity contribution in [1.82, 2.24) is 4.90 Å². The largest absolute Gasteiger partial charge is 0.338 e. The summed E-state index contributed by atoms with van der Waals surface area (Å²) < 4.78 is 0. The Bertz CT molecular complexity index is 235. The number of hydrogen-bond donors (Lipinski definition) is 1. The number of nitrogens with zero attached hydrogens (tertiary/aromatic N) is 1. The molecule has 2 N–H and O–H groups in total. The standard InChI is InChI=1S/C13H26N2O.ClH/c1-4-6-12(14)13(16)15-9-10(2)7-5-8-11(15)3;/h10-12H,4-9,14H2,1-3H3;1H. The molecule has 0 saturated carbocycles. The topological polar surface area (TPSA) is 46.3 Å². The van der Waals surface area contributed by atoms with Crippen LogP contribution >= 0.6 is 12.4 Å². The molecule has 4 heteroatoms. The van der Waals surface area contributed by atoms with Crippen molar-refractivity contribution in [1.29, 1.82) is 0 Å². The lowest BCUT2D eigenvalue weighted by atomic mass is 10.1. The highest BCUT2D eigenvalue weighted by Gasteiger charge is 2.27. The molecule has 1 aliphatic heterocycles. The molecule has 0 aromatic heterocycles. The van der Waals surface area contributed by atoms with E-state index in [4.69, 9.17) is 5.73 Å². The van der Waals surface area contributed by atoms with Crippen LogP contribution in [0, 0.1) is 5.92 Å². The van der Waals surface area contributed by atoms with E-state index in [-0.39, 0.29) is 24.4 Å². The summed E-state index contributed by atoms with van der Waals surface area (Å²) in [5.41, 5.74) is 5.93. The maximum Gasteiger partial charge on any atom is 0.239 e. The highest BCUT2D eigenvalue weighted by atomic mass is 35.5. The molecule has 3 atom stereocenters. The van der Waals surface area contributed by atoms with Gasteiger partial charge in [0.15, 0.2) is 0 Å². The van der Waals surface area contributed by atoms with E-state index in [1.807, 2.05) is 4.90 Å². The second kappa shape index (κ2) is 7.93. The quantitative estimate of drug-likeness (QED) is 0.850. The Morgan fingerprint density at radius 3 is 2.65 bits per heavy atom. The summed E-state index contributed by atoms with van der Waals surface area (Å²) in [5.74, 6) is 0.769. The van der Waals surface area contributed by atoms with Crippen molar-refractivity contribution in [3.63, 3.8) is 0 Å². The Labute approximate surface area is 112 Å². The van der Waals surface area contributed by atoms with E-state index in [0.717, 1.165) is 25.8 Å². The van der Waals surface area contributed by atoms with Crippen LogP contribution in [0.15, 0.2) is 0 Å². The molecule has 0 bridgehead atoms. The molecule has 1 saturated heterocycles. The number of amides is 1. The summed E-state index contributed by atoms with van der Waals surface area (Å²) in [6, 6.07) is 0.0677. The fraction of sp³-hybridized carbons (Fsp3) is 0.923. The molecule has 3 nitrogen and oxygen atoms in total. The number of likely N-dealkylation sites (tertiary alicyclic amines) is 1. The van der Waals surface area contributed by atoms with Gasteiger partial charge >= 0.3 is 0 Å². The maximum absolute atomic E-state index is 12.2. The van der Waals surface area contributed by atoms with Crippen LogP contribution in [0.2, 0.25) is 0 Å². The van der Waals surface area contributed by atoms with Gasteiger partial charge in [0.05, 0.1) is 6.04 Å². The molecular formula is C13H27ClN2O. The zero-order chi connectivity index (χ0) is 12.1. The Morgan fingerprint density at radius 2 is 2.06 bits per heavy atom. The Hall–Kier alpha value is -0.280. The molecule has 3 unspecified atom stereocenters. The van der Waals surface area contributed by atoms with Gasteiger partial charge in [-0.25, -0.2) is 0 Å². The third-order valence-corrected chi connectivity index (χ3v) is 3.56. The van der Waals surface area contributed by atoms with Crippen molar-refractivity contribution in [2.45, 2.75) is 65.0 Å². The van der Waals surface area contributed by atoms with Crippen molar-refractivity contribution in [3.8, 4) is 0 Å². The summed E-state index contributed by atoms with van der Waals surface area (Å²) in [6.07, 6.45) is 5.36. The molecule has 0 aromatic rings. The molecule has 1 heterocycles. The summed E-state index contributed by atoms with van der Waals surface area (Å²) in [7, 11) is 0. The number of rotatable bonds is 3. The number of halogens is 1. The van der Waals surface area contributed by atoms with E-state index >= 15 is 0 Å². The van der Waals surface area contributed by atoms with Crippen LogP contribution in [0.1, 0.15) is 52.9 Å². The van der Waals surface area contributed by atoms with Crippen molar-refractivity contribution in [2.24, 2.45) is 11.7 Å². The Kier molecular flexibility index (Phi) is 7.80. The fourth-order valence-corrected chi connectivity index (χ4v) is 2.48. The van der Waals surface area contributed by atoms with Crippen molar-refractivity contribution < 1.29 is 4.79 Å². The van der Waals surface area contributed by atoms with Crippen LogP contribution in [-0.4, -0.2) is 29.4 Å². The van der Waals surface area contributed by atoms with Gasteiger partial charge in [-0.1, -0.05) is 26.7 Å². The lowest BCUT2D eigenvalue weighted by molar-refractivity contribution is -0.135. The monoisotopic (exact) mass is 262 g/mol. The van der Waals surface area contributed by atoms with Gasteiger partial charge in [-0.15, -0.1) is 12.4 Å². The van der Waals surface area contributed by atoms with Crippen LogP contribution < -0.4 is 5.73 Å². The third kappa shape index (κ3) is 4.84. The number of nitrogens with two attached hydrogens (primary N) is 1. The van der Waals surface area contributed by atoms with Gasteiger partial charge < -0.3 is 10.6 Å². The number of carbonyl (C=O) groups is 1. The molecule has 0 radical (unpaired) electrons.